The summed E-state index contributed by atoms with van der Waals surface area (Å²) < 4.78 is 17.2. The maximum Gasteiger partial charge on any atom is 0.500 e. The number of hydrogen-bond acceptors (Lipinski definition) is 3. The molecule has 0 fully saturated rings. The van der Waals surface area contributed by atoms with Gasteiger partial charge in [-0.05, 0) is 20.8 Å². The molecule has 0 spiro atoms. The van der Waals surface area contributed by atoms with Gasteiger partial charge in [0.15, 0.2) is 0 Å². The van der Waals surface area contributed by atoms with Crippen LogP contribution in [0, 0.1) is 0 Å². The van der Waals surface area contributed by atoms with Crippen molar-refractivity contribution in [1.82, 2.24) is 0 Å². The summed E-state index contributed by atoms with van der Waals surface area (Å²) in [5, 5.41) is 0. The Morgan fingerprint density at radius 3 is 1.56 bits per heavy atom. The summed E-state index contributed by atoms with van der Waals surface area (Å²) in [7, 11) is -0.134. The van der Waals surface area contributed by atoms with Gasteiger partial charge in [0.1, 0.15) is 0 Å². The molecule has 0 aromatic rings. The van der Waals surface area contributed by atoms with Gasteiger partial charge in [-0.25, -0.2) is 0 Å². The fourth-order valence-electron chi connectivity index (χ4n) is 1.42. The van der Waals surface area contributed by atoms with Gasteiger partial charge in [0.05, 0.1) is 5.60 Å². The molecule has 0 rings (SSSR count). The molecule has 0 amide bonds. The fraction of sp³-hybridized carbons (Fsp3) is 1.00. The van der Waals surface area contributed by atoms with Crippen LogP contribution in [-0.4, -0.2) is 36.7 Å². The lowest BCUT2D eigenvalue weighted by Crippen LogP contribution is -2.49. The van der Waals surface area contributed by atoms with Crippen LogP contribution >= 0.6 is 0 Å². The molecule has 0 aliphatic carbocycles. The summed E-state index contributed by atoms with van der Waals surface area (Å²) in [4.78, 5) is 0. The number of hydrogen-bond donors (Lipinski definition) is 0. The normalized spacial score (nSPS) is 14.2. The molecule has 0 unspecified atom stereocenters. The molecule has 16 heavy (non-hydrogen) atoms. The molecular weight excluding hydrogens is 236 g/mol. The van der Waals surface area contributed by atoms with Crippen molar-refractivity contribution in [3.05, 3.63) is 0 Å². The van der Waals surface area contributed by atoms with Crippen molar-refractivity contribution in [3.8, 4) is 0 Å². The van der Waals surface area contributed by atoms with Gasteiger partial charge in [0.2, 0.25) is 0 Å². The zero-order valence-electron chi connectivity index (χ0n) is 12.1. The first-order chi connectivity index (χ1) is 7.04. The predicted molar refractivity (Wildman–Crippen MR) is 73.6 cm³/mol. The topological polar surface area (TPSA) is 27.7 Å². The molecule has 0 aliphatic heterocycles. The summed E-state index contributed by atoms with van der Waals surface area (Å²) in [6.45, 7) is 13.2. The highest BCUT2D eigenvalue weighted by atomic mass is 28.4. The van der Waals surface area contributed by atoms with Crippen LogP contribution in [0.5, 0.6) is 0 Å². The Hall–Kier alpha value is 0.314. The molecule has 98 valence electrons. The van der Waals surface area contributed by atoms with E-state index in [9.17, 15) is 0 Å². The fourth-order valence-corrected chi connectivity index (χ4v) is 7.42. The van der Waals surface area contributed by atoms with Crippen molar-refractivity contribution in [2.24, 2.45) is 0 Å². The highest BCUT2D eigenvalue weighted by Gasteiger charge is 2.43. The van der Waals surface area contributed by atoms with Crippen molar-refractivity contribution in [2.45, 2.75) is 58.1 Å². The largest absolute Gasteiger partial charge is 0.500 e. The Kier molecular flexibility index (Phi) is 5.89. The lowest BCUT2D eigenvalue weighted by Gasteiger charge is -2.34. The van der Waals surface area contributed by atoms with E-state index in [-0.39, 0.29) is 5.60 Å². The van der Waals surface area contributed by atoms with Crippen LogP contribution in [0.4, 0.5) is 0 Å². The second kappa shape index (κ2) is 5.77. The Morgan fingerprint density at radius 2 is 1.31 bits per heavy atom. The summed E-state index contributed by atoms with van der Waals surface area (Å²) in [6.07, 6.45) is 0. The smallest absolute Gasteiger partial charge is 0.377 e. The van der Waals surface area contributed by atoms with Crippen molar-refractivity contribution < 1.29 is 13.3 Å². The van der Waals surface area contributed by atoms with E-state index < -0.39 is 16.9 Å². The maximum atomic E-state index is 6.04. The molecule has 0 N–H and O–H groups in total. The minimum absolute atomic E-state index is 0.211. The molecular formula is C11H28O3Si2. The number of rotatable bonds is 6. The summed E-state index contributed by atoms with van der Waals surface area (Å²) in [6, 6.07) is 2.10. The lowest BCUT2D eigenvalue weighted by molar-refractivity contribution is 0.0174. The van der Waals surface area contributed by atoms with Crippen LogP contribution in [0.3, 0.4) is 0 Å². The average Bonchev–Trinajstić information content (AvgIpc) is 2.09. The minimum Gasteiger partial charge on any atom is -0.377 e. The third kappa shape index (κ3) is 6.80. The first-order valence-electron chi connectivity index (χ1n) is 5.84. The van der Waals surface area contributed by atoms with Crippen LogP contribution in [0.25, 0.3) is 0 Å². The van der Waals surface area contributed by atoms with Gasteiger partial charge in [-0.1, -0.05) is 25.7 Å². The molecule has 0 saturated heterocycles. The lowest BCUT2D eigenvalue weighted by atomic mass is 10.2. The van der Waals surface area contributed by atoms with Gasteiger partial charge in [0, 0.05) is 28.3 Å². The third-order valence-electron chi connectivity index (χ3n) is 2.26. The first-order valence-corrected chi connectivity index (χ1v) is 11.5. The monoisotopic (exact) mass is 264 g/mol. The van der Waals surface area contributed by atoms with E-state index in [1.807, 2.05) is 20.8 Å². The zero-order valence-corrected chi connectivity index (χ0v) is 14.1. The Morgan fingerprint density at radius 1 is 0.875 bits per heavy atom. The second-order valence-corrected chi connectivity index (χ2v) is 14.9. The quantitative estimate of drug-likeness (QED) is 0.688. The summed E-state index contributed by atoms with van der Waals surface area (Å²) in [5.41, 5.74) is -0.211. The molecule has 0 saturated carbocycles. The second-order valence-electron chi connectivity index (χ2n) is 6.37. The Bertz CT molecular complexity index is 202. The molecule has 0 atom stereocenters. The van der Waals surface area contributed by atoms with E-state index in [1.165, 1.54) is 6.04 Å². The molecule has 0 heterocycles. The van der Waals surface area contributed by atoms with Gasteiger partial charge in [-0.2, -0.15) is 0 Å². The maximum absolute atomic E-state index is 6.04. The molecule has 0 aromatic carbocycles. The Labute approximate surface area is 103 Å². The molecule has 0 bridgehead atoms. The van der Waals surface area contributed by atoms with Gasteiger partial charge >= 0.3 is 8.80 Å². The van der Waals surface area contributed by atoms with E-state index in [0.717, 1.165) is 6.04 Å². The van der Waals surface area contributed by atoms with Crippen LogP contribution in [0.15, 0.2) is 0 Å². The third-order valence-corrected chi connectivity index (χ3v) is 7.54. The highest BCUT2D eigenvalue weighted by Crippen LogP contribution is 2.26. The minimum atomic E-state index is -2.45. The van der Waals surface area contributed by atoms with Crippen molar-refractivity contribution in [3.63, 3.8) is 0 Å². The molecule has 5 heteroatoms. The van der Waals surface area contributed by atoms with Gasteiger partial charge in [0.25, 0.3) is 0 Å². The van der Waals surface area contributed by atoms with Crippen LogP contribution in [-0.2, 0) is 13.3 Å². The molecule has 0 aromatic heterocycles. The van der Waals surface area contributed by atoms with Crippen LogP contribution in [0.2, 0.25) is 31.7 Å². The highest BCUT2D eigenvalue weighted by molar-refractivity contribution is 6.77. The zero-order chi connectivity index (χ0) is 13.0. The van der Waals surface area contributed by atoms with E-state index in [0.29, 0.717) is 0 Å². The van der Waals surface area contributed by atoms with E-state index in [2.05, 4.69) is 19.6 Å². The van der Waals surface area contributed by atoms with Crippen molar-refractivity contribution >= 4 is 16.9 Å². The SMILES string of the molecule is CO[Si](CC[Si](C)(C)C)(OC)OC(C)(C)C. The van der Waals surface area contributed by atoms with E-state index >= 15 is 0 Å². The van der Waals surface area contributed by atoms with Gasteiger partial charge < -0.3 is 13.3 Å². The Balaban J connectivity index is 4.57. The molecule has 0 aliphatic rings. The first kappa shape index (κ1) is 16.3. The summed E-state index contributed by atoms with van der Waals surface area (Å²) in [5.74, 6) is 0. The predicted octanol–water partition coefficient (Wildman–Crippen LogP) is 3.37. The molecule has 3 nitrogen and oxygen atoms in total. The van der Waals surface area contributed by atoms with Crippen molar-refractivity contribution in [2.75, 3.05) is 14.2 Å². The standard InChI is InChI=1S/C11H28O3Si2/c1-11(2,3)14-16(12-4,13-5)10-9-15(6,7)8/h9-10H2,1-8H3. The van der Waals surface area contributed by atoms with E-state index in [1.54, 1.807) is 14.2 Å². The van der Waals surface area contributed by atoms with E-state index in [4.69, 9.17) is 13.3 Å². The van der Waals surface area contributed by atoms with Gasteiger partial charge in [-0.15, -0.1) is 0 Å². The van der Waals surface area contributed by atoms with Crippen LogP contribution in [0.1, 0.15) is 20.8 Å². The van der Waals surface area contributed by atoms with Crippen molar-refractivity contribution in [1.29, 1.82) is 0 Å². The summed E-state index contributed by atoms with van der Waals surface area (Å²) >= 11 is 0. The molecule has 0 radical (unpaired) electrons. The average molecular weight is 265 g/mol. The van der Waals surface area contributed by atoms with Gasteiger partial charge in [-0.3, -0.25) is 0 Å². The van der Waals surface area contributed by atoms with Crippen LogP contribution < -0.4 is 0 Å².